The molecule has 7 nitrogen and oxygen atoms in total. The average molecular weight is 455 g/mol. The van der Waals surface area contributed by atoms with Crippen LogP contribution < -0.4 is 19.5 Å². The largest absolute Gasteiger partial charge is 0.497 e. The van der Waals surface area contributed by atoms with Crippen LogP contribution in [0.25, 0.3) is 0 Å². The summed E-state index contributed by atoms with van der Waals surface area (Å²) in [5, 5.41) is 2.96. The third-order valence-electron chi connectivity index (χ3n) is 5.56. The van der Waals surface area contributed by atoms with Crippen LogP contribution in [-0.2, 0) is 22.6 Å². The SMILES string of the molecule is CC[C@@H](C(=O)NC(C)C)N(Cc1ccc(OC)cc1)C(=O)CCc1ccc2c(c1)OCCO2. The summed E-state index contributed by atoms with van der Waals surface area (Å²) in [6.07, 6.45) is 1.38. The van der Waals surface area contributed by atoms with Crippen molar-refractivity contribution in [2.24, 2.45) is 0 Å². The van der Waals surface area contributed by atoms with E-state index in [4.69, 9.17) is 14.2 Å². The van der Waals surface area contributed by atoms with Crippen molar-refractivity contribution in [3.63, 3.8) is 0 Å². The minimum Gasteiger partial charge on any atom is -0.497 e. The highest BCUT2D eigenvalue weighted by Gasteiger charge is 2.28. The summed E-state index contributed by atoms with van der Waals surface area (Å²) < 4.78 is 16.5. The van der Waals surface area contributed by atoms with E-state index in [1.807, 2.05) is 63.2 Å². The molecule has 0 bridgehead atoms. The van der Waals surface area contributed by atoms with Crippen LogP contribution in [-0.4, -0.2) is 49.1 Å². The first-order valence-electron chi connectivity index (χ1n) is 11.5. The zero-order valence-electron chi connectivity index (χ0n) is 19.9. The molecule has 0 saturated heterocycles. The van der Waals surface area contributed by atoms with Crippen LogP contribution in [0.2, 0.25) is 0 Å². The molecule has 178 valence electrons. The van der Waals surface area contributed by atoms with Crippen LogP contribution >= 0.6 is 0 Å². The third kappa shape index (κ3) is 6.63. The van der Waals surface area contributed by atoms with Crippen molar-refractivity contribution in [3.8, 4) is 17.2 Å². The summed E-state index contributed by atoms with van der Waals surface area (Å²) in [6.45, 7) is 7.19. The molecule has 3 rings (SSSR count). The second-order valence-electron chi connectivity index (χ2n) is 8.44. The Kier molecular flexibility index (Phi) is 8.58. The fraction of sp³-hybridized carbons (Fsp3) is 0.462. The molecular formula is C26H34N2O5. The van der Waals surface area contributed by atoms with Gasteiger partial charge in [0.15, 0.2) is 11.5 Å². The van der Waals surface area contributed by atoms with Gasteiger partial charge in [-0.05, 0) is 62.1 Å². The molecule has 1 heterocycles. The van der Waals surface area contributed by atoms with Gasteiger partial charge in [0.25, 0.3) is 0 Å². The van der Waals surface area contributed by atoms with Gasteiger partial charge in [-0.3, -0.25) is 9.59 Å². The molecule has 0 saturated carbocycles. The van der Waals surface area contributed by atoms with E-state index in [0.29, 0.717) is 44.8 Å². The van der Waals surface area contributed by atoms with E-state index in [9.17, 15) is 9.59 Å². The van der Waals surface area contributed by atoms with E-state index in [2.05, 4.69) is 5.32 Å². The molecule has 33 heavy (non-hydrogen) atoms. The molecule has 1 atom stereocenters. The highest BCUT2D eigenvalue weighted by Crippen LogP contribution is 2.31. The first kappa shape index (κ1) is 24.4. The van der Waals surface area contributed by atoms with Gasteiger partial charge in [-0.15, -0.1) is 0 Å². The predicted octanol–water partition coefficient (Wildman–Crippen LogP) is 3.73. The Morgan fingerprint density at radius 2 is 1.70 bits per heavy atom. The second-order valence-corrected chi connectivity index (χ2v) is 8.44. The smallest absolute Gasteiger partial charge is 0.243 e. The fourth-order valence-corrected chi connectivity index (χ4v) is 3.87. The van der Waals surface area contributed by atoms with Crippen molar-refractivity contribution >= 4 is 11.8 Å². The molecule has 0 aromatic heterocycles. The van der Waals surface area contributed by atoms with Crippen LogP contribution in [0.3, 0.4) is 0 Å². The monoisotopic (exact) mass is 454 g/mol. The quantitative estimate of drug-likeness (QED) is 0.592. The summed E-state index contributed by atoms with van der Waals surface area (Å²) in [7, 11) is 1.62. The molecule has 0 spiro atoms. The number of nitrogens with zero attached hydrogens (tertiary/aromatic N) is 1. The molecule has 1 aliphatic heterocycles. The molecule has 2 aromatic carbocycles. The van der Waals surface area contributed by atoms with Gasteiger partial charge in [0.2, 0.25) is 11.8 Å². The lowest BCUT2D eigenvalue weighted by Gasteiger charge is -2.31. The normalized spacial score (nSPS) is 13.4. The number of hydrogen-bond donors (Lipinski definition) is 1. The fourth-order valence-electron chi connectivity index (χ4n) is 3.87. The molecular weight excluding hydrogens is 420 g/mol. The van der Waals surface area contributed by atoms with E-state index >= 15 is 0 Å². The minimum atomic E-state index is -0.540. The van der Waals surface area contributed by atoms with Crippen LogP contribution in [0.5, 0.6) is 17.2 Å². The topological polar surface area (TPSA) is 77.1 Å². The molecule has 0 aliphatic carbocycles. The summed E-state index contributed by atoms with van der Waals surface area (Å²) in [6, 6.07) is 12.8. The number of hydrogen-bond acceptors (Lipinski definition) is 5. The van der Waals surface area contributed by atoms with Gasteiger partial charge in [-0.25, -0.2) is 0 Å². The van der Waals surface area contributed by atoms with E-state index in [1.165, 1.54) is 0 Å². The van der Waals surface area contributed by atoms with Gasteiger partial charge < -0.3 is 24.4 Å². The molecule has 0 unspecified atom stereocenters. The van der Waals surface area contributed by atoms with Crippen molar-refractivity contribution in [1.29, 1.82) is 0 Å². The van der Waals surface area contributed by atoms with Crippen LogP contribution in [0.4, 0.5) is 0 Å². The Morgan fingerprint density at radius 3 is 2.33 bits per heavy atom. The molecule has 1 aliphatic rings. The van der Waals surface area contributed by atoms with Gasteiger partial charge >= 0.3 is 0 Å². The maximum absolute atomic E-state index is 13.4. The lowest BCUT2D eigenvalue weighted by Crippen LogP contribution is -2.50. The molecule has 2 amide bonds. The van der Waals surface area contributed by atoms with Crippen molar-refractivity contribution in [2.45, 2.75) is 58.7 Å². The maximum atomic E-state index is 13.4. The highest BCUT2D eigenvalue weighted by molar-refractivity contribution is 5.87. The summed E-state index contributed by atoms with van der Waals surface area (Å²) >= 11 is 0. The maximum Gasteiger partial charge on any atom is 0.243 e. The van der Waals surface area contributed by atoms with Crippen molar-refractivity contribution in [3.05, 3.63) is 53.6 Å². The van der Waals surface area contributed by atoms with Gasteiger partial charge in [-0.2, -0.15) is 0 Å². The van der Waals surface area contributed by atoms with E-state index in [0.717, 1.165) is 22.6 Å². The van der Waals surface area contributed by atoms with Crippen molar-refractivity contribution in [1.82, 2.24) is 10.2 Å². The number of carbonyl (C=O) groups is 2. The van der Waals surface area contributed by atoms with Gasteiger partial charge in [0, 0.05) is 19.0 Å². The van der Waals surface area contributed by atoms with Gasteiger partial charge in [0.05, 0.1) is 7.11 Å². The number of ether oxygens (including phenoxy) is 3. The lowest BCUT2D eigenvalue weighted by molar-refractivity contribution is -0.141. The third-order valence-corrected chi connectivity index (χ3v) is 5.56. The van der Waals surface area contributed by atoms with Crippen molar-refractivity contribution < 1.29 is 23.8 Å². The van der Waals surface area contributed by atoms with E-state index in [-0.39, 0.29) is 17.9 Å². The number of carbonyl (C=O) groups excluding carboxylic acids is 2. The number of fused-ring (bicyclic) bond motifs is 1. The van der Waals surface area contributed by atoms with Crippen molar-refractivity contribution in [2.75, 3.05) is 20.3 Å². The summed E-state index contributed by atoms with van der Waals surface area (Å²) in [5.74, 6) is 2.00. The highest BCUT2D eigenvalue weighted by atomic mass is 16.6. The second kappa shape index (κ2) is 11.6. The number of aryl methyl sites for hydroxylation is 1. The number of amides is 2. The average Bonchev–Trinajstić information content (AvgIpc) is 2.82. The van der Waals surface area contributed by atoms with E-state index < -0.39 is 6.04 Å². The first-order valence-corrected chi connectivity index (χ1v) is 11.5. The van der Waals surface area contributed by atoms with Gasteiger partial charge in [-0.1, -0.05) is 25.1 Å². The van der Waals surface area contributed by atoms with Crippen LogP contribution in [0, 0.1) is 0 Å². The number of nitrogens with one attached hydrogen (secondary N) is 1. The van der Waals surface area contributed by atoms with Gasteiger partial charge in [0.1, 0.15) is 25.0 Å². The number of benzene rings is 2. The molecule has 2 aromatic rings. The Morgan fingerprint density at radius 1 is 1.03 bits per heavy atom. The first-order chi connectivity index (χ1) is 15.9. The summed E-state index contributed by atoms with van der Waals surface area (Å²) in [5.41, 5.74) is 1.94. The zero-order valence-corrected chi connectivity index (χ0v) is 19.9. The Hall–Kier alpha value is -3.22. The van der Waals surface area contributed by atoms with Crippen LogP contribution in [0.15, 0.2) is 42.5 Å². The zero-order chi connectivity index (χ0) is 23.8. The molecule has 0 radical (unpaired) electrons. The molecule has 7 heteroatoms. The minimum absolute atomic E-state index is 0.00204. The predicted molar refractivity (Wildman–Crippen MR) is 127 cm³/mol. The standard InChI is InChI=1S/C26H34N2O5/c1-5-22(26(30)27-18(2)3)28(17-20-6-10-21(31-4)11-7-20)25(29)13-9-19-8-12-23-24(16-19)33-15-14-32-23/h6-8,10-12,16,18,22H,5,9,13-15,17H2,1-4H3,(H,27,30)/t22-/m0/s1. The van der Waals surface area contributed by atoms with Crippen LogP contribution in [0.1, 0.15) is 44.7 Å². The Balaban J connectivity index is 1.75. The number of rotatable bonds is 10. The van der Waals surface area contributed by atoms with E-state index in [1.54, 1.807) is 12.0 Å². The number of methoxy groups -OCH3 is 1. The Labute approximate surface area is 196 Å². The summed E-state index contributed by atoms with van der Waals surface area (Å²) in [4.78, 5) is 28.0. The Bertz CT molecular complexity index is 942. The molecule has 1 N–H and O–H groups in total. The molecule has 0 fully saturated rings. The lowest BCUT2D eigenvalue weighted by atomic mass is 10.1.